The minimum Gasteiger partial charge on any atom is -0.398 e. The molecule has 1 amide bonds. The summed E-state index contributed by atoms with van der Waals surface area (Å²) in [6, 6.07) is 5.98. The van der Waals surface area contributed by atoms with Crippen molar-refractivity contribution in [1.29, 1.82) is 0 Å². The SMILES string of the molecule is Nc1ccc(Br)cc1C(=O)Nc1cc(F)c(F)c(F)c1. The lowest BCUT2D eigenvalue weighted by molar-refractivity contribution is 0.102. The van der Waals surface area contributed by atoms with Crippen LogP contribution >= 0.6 is 15.9 Å². The van der Waals surface area contributed by atoms with Crippen LogP contribution in [-0.2, 0) is 0 Å². The molecular formula is C13H8BrF3N2O. The van der Waals surface area contributed by atoms with Crippen molar-refractivity contribution in [1.82, 2.24) is 0 Å². The Balaban J connectivity index is 2.30. The molecule has 0 aromatic heterocycles. The number of rotatable bonds is 2. The van der Waals surface area contributed by atoms with Gasteiger partial charge in [-0.2, -0.15) is 0 Å². The summed E-state index contributed by atoms with van der Waals surface area (Å²) in [6.07, 6.45) is 0. The van der Waals surface area contributed by atoms with Gasteiger partial charge < -0.3 is 11.1 Å². The van der Waals surface area contributed by atoms with Crippen LogP contribution in [0.15, 0.2) is 34.8 Å². The third-order valence-electron chi connectivity index (χ3n) is 2.50. The molecule has 0 saturated carbocycles. The average molecular weight is 345 g/mol. The maximum Gasteiger partial charge on any atom is 0.257 e. The van der Waals surface area contributed by atoms with Crippen LogP contribution in [-0.4, -0.2) is 5.91 Å². The third-order valence-corrected chi connectivity index (χ3v) is 2.99. The summed E-state index contributed by atoms with van der Waals surface area (Å²) in [7, 11) is 0. The second-order valence-corrected chi connectivity index (χ2v) is 4.86. The van der Waals surface area contributed by atoms with Gasteiger partial charge in [0.2, 0.25) is 0 Å². The number of carbonyl (C=O) groups is 1. The Bertz CT molecular complexity index is 668. The molecule has 3 N–H and O–H groups in total. The van der Waals surface area contributed by atoms with Gasteiger partial charge in [-0.05, 0) is 18.2 Å². The molecule has 0 fully saturated rings. The number of halogens is 4. The zero-order chi connectivity index (χ0) is 14.9. The van der Waals surface area contributed by atoms with Crippen LogP contribution in [0.5, 0.6) is 0 Å². The predicted octanol–water partition coefficient (Wildman–Crippen LogP) is 3.70. The fraction of sp³-hybridized carbons (Fsp3) is 0. The predicted molar refractivity (Wildman–Crippen MR) is 72.8 cm³/mol. The summed E-state index contributed by atoms with van der Waals surface area (Å²) in [5, 5.41) is 2.25. The Labute approximate surface area is 120 Å². The number of carbonyl (C=O) groups excluding carboxylic acids is 1. The lowest BCUT2D eigenvalue weighted by Gasteiger charge is -2.08. The Morgan fingerprint density at radius 1 is 1.10 bits per heavy atom. The number of hydrogen-bond acceptors (Lipinski definition) is 2. The van der Waals surface area contributed by atoms with E-state index in [1.165, 1.54) is 12.1 Å². The molecule has 7 heteroatoms. The quantitative estimate of drug-likeness (QED) is 0.644. The number of benzene rings is 2. The summed E-state index contributed by atoms with van der Waals surface area (Å²) in [5.74, 6) is -5.02. The maximum absolute atomic E-state index is 13.0. The van der Waals surface area contributed by atoms with Gasteiger partial charge in [0, 0.05) is 28.0 Å². The molecule has 0 aliphatic heterocycles. The van der Waals surface area contributed by atoms with E-state index in [2.05, 4.69) is 21.2 Å². The number of anilines is 2. The van der Waals surface area contributed by atoms with Crippen LogP contribution in [0.4, 0.5) is 24.5 Å². The first-order valence-electron chi connectivity index (χ1n) is 5.39. The van der Waals surface area contributed by atoms with E-state index in [0.717, 1.165) is 0 Å². The van der Waals surface area contributed by atoms with Crippen LogP contribution in [0, 0.1) is 17.5 Å². The van der Waals surface area contributed by atoms with Crippen LogP contribution in [0.1, 0.15) is 10.4 Å². The van der Waals surface area contributed by atoms with Crippen molar-refractivity contribution in [2.45, 2.75) is 0 Å². The number of amides is 1. The second-order valence-electron chi connectivity index (χ2n) is 3.94. The average Bonchev–Trinajstić information content (AvgIpc) is 2.38. The highest BCUT2D eigenvalue weighted by atomic mass is 79.9. The molecule has 2 aromatic carbocycles. The monoisotopic (exact) mass is 344 g/mol. The molecule has 104 valence electrons. The van der Waals surface area contributed by atoms with Gasteiger partial charge in [0.15, 0.2) is 17.5 Å². The van der Waals surface area contributed by atoms with Gasteiger partial charge in [-0.25, -0.2) is 13.2 Å². The molecule has 0 radical (unpaired) electrons. The molecule has 20 heavy (non-hydrogen) atoms. The van der Waals surface area contributed by atoms with E-state index in [1.807, 2.05) is 0 Å². The second kappa shape index (κ2) is 5.54. The largest absolute Gasteiger partial charge is 0.398 e. The normalized spacial score (nSPS) is 10.4. The van der Waals surface area contributed by atoms with E-state index in [4.69, 9.17) is 5.73 Å². The van der Waals surface area contributed by atoms with Crippen molar-refractivity contribution in [3.8, 4) is 0 Å². The fourth-order valence-electron chi connectivity index (χ4n) is 1.55. The highest BCUT2D eigenvalue weighted by molar-refractivity contribution is 9.10. The van der Waals surface area contributed by atoms with Gasteiger partial charge in [-0.1, -0.05) is 15.9 Å². The molecule has 2 rings (SSSR count). The topological polar surface area (TPSA) is 55.1 Å². The summed E-state index contributed by atoms with van der Waals surface area (Å²) in [4.78, 5) is 11.9. The molecule has 0 aliphatic carbocycles. The Morgan fingerprint density at radius 2 is 1.70 bits per heavy atom. The molecule has 0 atom stereocenters. The number of nitrogens with one attached hydrogen (secondary N) is 1. The van der Waals surface area contributed by atoms with Gasteiger partial charge in [0.1, 0.15) is 0 Å². The molecule has 2 aromatic rings. The fourth-order valence-corrected chi connectivity index (χ4v) is 1.91. The third kappa shape index (κ3) is 2.93. The number of hydrogen-bond donors (Lipinski definition) is 2. The lowest BCUT2D eigenvalue weighted by atomic mass is 10.1. The standard InChI is InChI=1S/C13H8BrF3N2O/c14-6-1-2-11(18)8(3-6)13(20)19-7-4-9(15)12(17)10(16)5-7/h1-5H,18H2,(H,19,20). The van der Waals surface area contributed by atoms with Crippen molar-refractivity contribution >= 4 is 33.2 Å². The van der Waals surface area contributed by atoms with Crippen molar-refractivity contribution < 1.29 is 18.0 Å². The summed E-state index contributed by atoms with van der Waals surface area (Å²) >= 11 is 3.18. The van der Waals surface area contributed by atoms with Crippen LogP contribution in [0.2, 0.25) is 0 Å². The van der Waals surface area contributed by atoms with E-state index in [1.54, 1.807) is 6.07 Å². The Morgan fingerprint density at radius 3 is 2.30 bits per heavy atom. The molecule has 3 nitrogen and oxygen atoms in total. The Kier molecular flexibility index (Phi) is 3.99. The molecule has 0 saturated heterocycles. The van der Waals surface area contributed by atoms with Crippen molar-refractivity contribution in [3.05, 3.63) is 57.8 Å². The van der Waals surface area contributed by atoms with Gasteiger partial charge >= 0.3 is 0 Å². The minimum absolute atomic E-state index is 0.129. The van der Waals surface area contributed by atoms with Gasteiger partial charge in [0.25, 0.3) is 5.91 Å². The number of nitrogens with two attached hydrogens (primary N) is 1. The maximum atomic E-state index is 13.0. The molecule has 0 bridgehead atoms. The first-order chi connectivity index (χ1) is 9.38. The summed E-state index contributed by atoms with van der Waals surface area (Å²) in [5.41, 5.74) is 5.77. The highest BCUT2D eigenvalue weighted by Crippen LogP contribution is 2.21. The minimum atomic E-state index is -1.59. The van der Waals surface area contributed by atoms with E-state index >= 15 is 0 Å². The van der Waals surface area contributed by atoms with Crippen molar-refractivity contribution in [3.63, 3.8) is 0 Å². The van der Waals surface area contributed by atoms with E-state index in [-0.39, 0.29) is 16.9 Å². The summed E-state index contributed by atoms with van der Waals surface area (Å²) < 4.78 is 39.5. The van der Waals surface area contributed by atoms with E-state index < -0.39 is 23.4 Å². The van der Waals surface area contributed by atoms with Crippen molar-refractivity contribution in [2.24, 2.45) is 0 Å². The van der Waals surface area contributed by atoms with E-state index in [0.29, 0.717) is 16.6 Å². The summed E-state index contributed by atoms with van der Waals surface area (Å²) in [6.45, 7) is 0. The molecule has 0 spiro atoms. The van der Waals surface area contributed by atoms with Crippen LogP contribution in [0.25, 0.3) is 0 Å². The smallest absolute Gasteiger partial charge is 0.257 e. The lowest BCUT2D eigenvalue weighted by Crippen LogP contribution is -2.14. The highest BCUT2D eigenvalue weighted by Gasteiger charge is 2.14. The van der Waals surface area contributed by atoms with E-state index in [9.17, 15) is 18.0 Å². The molecular weight excluding hydrogens is 337 g/mol. The zero-order valence-corrected chi connectivity index (χ0v) is 11.5. The molecule has 0 heterocycles. The molecule has 0 aliphatic rings. The van der Waals surface area contributed by atoms with Crippen molar-refractivity contribution in [2.75, 3.05) is 11.1 Å². The number of nitrogen functional groups attached to an aromatic ring is 1. The van der Waals surface area contributed by atoms with Crippen LogP contribution in [0.3, 0.4) is 0 Å². The molecule has 0 unspecified atom stereocenters. The first kappa shape index (κ1) is 14.4. The van der Waals surface area contributed by atoms with Gasteiger partial charge in [-0.3, -0.25) is 4.79 Å². The van der Waals surface area contributed by atoms with Gasteiger partial charge in [0.05, 0.1) is 5.56 Å². The first-order valence-corrected chi connectivity index (χ1v) is 6.18. The van der Waals surface area contributed by atoms with Crippen LogP contribution < -0.4 is 11.1 Å². The Hall–Kier alpha value is -2.02. The zero-order valence-electron chi connectivity index (χ0n) is 9.88. The van der Waals surface area contributed by atoms with Gasteiger partial charge in [-0.15, -0.1) is 0 Å².